The van der Waals surface area contributed by atoms with E-state index in [0.717, 1.165) is 25.1 Å². The lowest BCUT2D eigenvalue weighted by Crippen LogP contribution is -2.28. The lowest BCUT2D eigenvalue weighted by Gasteiger charge is -2.20. The minimum atomic E-state index is -0.382. The van der Waals surface area contributed by atoms with E-state index in [9.17, 15) is 14.0 Å². The molecule has 0 aliphatic carbocycles. The molecule has 2 aromatic carbocycles. The summed E-state index contributed by atoms with van der Waals surface area (Å²) in [4.78, 5) is 24.8. The van der Waals surface area contributed by atoms with Gasteiger partial charge in [-0.1, -0.05) is 18.2 Å². The van der Waals surface area contributed by atoms with Gasteiger partial charge in [0.1, 0.15) is 5.82 Å². The Bertz CT molecular complexity index is 1070. The van der Waals surface area contributed by atoms with Crippen molar-refractivity contribution in [1.82, 2.24) is 15.2 Å². The molecule has 1 aliphatic rings. The number of halogens is 1. The first kappa shape index (κ1) is 18.1. The van der Waals surface area contributed by atoms with Gasteiger partial charge in [-0.15, -0.1) is 0 Å². The maximum absolute atomic E-state index is 13.1. The molecular formula is C22H20FN3O2. The summed E-state index contributed by atoms with van der Waals surface area (Å²) in [6, 6.07) is 14.5. The molecule has 142 valence electrons. The lowest BCUT2D eigenvalue weighted by atomic mass is 9.95. The average molecular weight is 377 g/mol. The van der Waals surface area contributed by atoms with Crippen LogP contribution in [0.25, 0.3) is 5.69 Å². The van der Waals surface area contributed by atoms with Crippen molar-refractivity contribution < 1.29 is 9.18 Å². The Balaban J connectivity index is 1.54. The van der Waals surface area contributed by atoms with Crippen molar-refractivity contribution in [3.05, 3.63) is 99.2 Å². The van der Waals surface area contributed by atoms with E-state index in [1.165, 1.54) is 58.3 Å². The second-order valence-electron chi connectivity index (χ2n) is 6.77. The quantitative estimate of drug-likeness (QED) is 0.735. The van der Waals surface area contributed by atoms with Gasteiger partial charge in [-0.25, -0.2) is 4.39 Å². The van der Waals surface area contributed by atoms with Crippen molar-refractivity contribution in [1.29, 1.82) is 0 Å². The lowest BCUT2D eigenvalue weighted by molar-refractivity contribution is 0.0950. The van der Waals surface area contributed by atoms with E-state index in [4.69, 9.17) is 0 Å². The van der Waals surface area contributed by atoms with Gasteiger partial charge < -0.3 is 10.6 Å². The number of pyridine rings is 1. The molecule has 0 bridgehead atoms. The first-order valence-electron chi connectivity index (χ1n) is 9.19. The molecule has 5 nitrogen and oxygen atoms in total. The maximum atomic E-state index is 13.1. The molecule has 1 aromatic heterocycles. The molecule has 0 spiro atoms. The van der Waals surface area contributed by atoms with E-state index in [-0.39, 0.29) is 17.3 Å². The number of aromatic nitrogens is 1. The molecule has 1 aliphatic heterocycles. The highest BCUT2D eigenvalue weighted by Gasteiger charge is 2.14. The van der Waals surface area contributed by atoms with Crippen LogP contribution >= 0.6 is 0 Å². The third-order valence-electron chi connectivity index (χ3n) is 4.95. The SMILES string of the molecule is O=C(NCc1cccc2c1CCNC2)c1ccc(=O)n(-c2ccc(F)cc2)c1. The second kappa shape index (κ2) is 7.78. The maximum Gasteiger partial charge on any atom is 0.255 e. The molecule has 28 heavy (non-hydrogen) atoms. The summed E-state index contributed by atoms with van der Waals surface area (Å²) in [5, 5.41) is 6.28. The summed E-state index contributed by atoms with van der Waals surface area (Å²) in [6.07, 6.45) is 2.42. The molecule has 6 heteroatoms. The number of benzene rings is 2. The van der Waals surface area contributed by atoms with Gasteiger partial charge in [-0.05, 0) is 60.0 Å². The number of carbonyl (C=O) groups excluding carboxylic acids is 1. The van der Waals surface area contributed by atoms with Crippen LogP contribution in [-0.2, 0) is 19.5 Å². The summed E-state index contributed by atoms with van der Waals surface area (Å²) < 4.78 is 14.5. The van der Waals surface area contributed by atoms with Gasteiger partial charge in [-0.3, -0.25) is 14.2 Å². The Morgan fingerprint density at radius 3 is 2.75 bits per heavy atom. The topological polar surface area (TPSA) is 63.1 Å². The summed E-state index contributed by atoms with van der Waals surface area (Å²) in [5.41, 5.74) is 4.26. The fourth-order valence-electron chi connectivity index (χ4n) is 3.48. The molecule has 0 saturated heterocycles. The predicted octanol–water partition coefficient (Wildman–Crippen LogP) is 2.55. The highest BCUT2D eigenvalue weighted by molar-refractivity contribution is 5.93. The molecule has 3 aromatic rings. The Morgan fingerprint density at radius 1 is 1.11 bits per heavy atom. The highest BCUT2D eigenvalue weighted by Crippen LogP contribution is 2.18. The van der Waals surface area contributed by atoms with Gasteiger partial charge >= 0.3 is 0 Å². The normalized spacial score (nSPS) is 13.0. The summed E-state index contributed by atoms with van der Waals surface area (Å²) >= 11 is 0. The predicted molar refractivity (Wildman–Crippen MR) is 105 cm³/mol. The monoisotopic (exact) mass is 377 g/mol. The standard InChI is InChI=1S/C22H20FN3O2/c23-18-5-7-19(8-6-18)26-14-17(4-9-21(26)27)22(28)25-13-16-3-1-2-15-12-24-11-10-20(15)16/h1-9,14,24H,10-13H2,(H,25,28). The number of hydrogen-bond acceptors (Lipinski definition) is 3. The molecule has 0 atom stereocenters. The van der Waals surface area contributed by atoms with E-state index in [2.05, 4.69) is 16.7 Å². The number of rotatable bonds is 4. The van der Waals surface area contributed by atoms with Crippen LogP contribution in [0.4, 0.5) is 4.39 Å². The Labute approximate surface area is 161 Å². The van der Waals surface area contributed by atoms with Gasteiger partial charge in [0.25, 0.3) is 11.5 Å². The van der Waals surface area contributed by atoms with Crippen LogP contribution < -0.4 is 16.2 Å². The van der Waals surface area contributed by atoms with Crippen molar-refractivity contribution in [3.8, 4) is 5.69 Å². The van der Waals surface area contributed by atoms with Gasteiger partial charge in [0.05, 0.1) is 5.56 Å². The smallest absolute Gasteiger partial charge is 0.255 e. The zero-order valence-corrected chi connectivity index (χ0v) is 15.2. The first-order valence-corrected chi connectivity index (χ1v) is 9.19. The number of carbonyl (C=O) groups is 1. The zero-order valence-electron chi connectivity index (χ0n) is 15.2. The van der Waals surface area contributed by atoms with E-state index in [1.807, 2.05) is 12.1 Å². The van der Waals surface area contributed by atoms with Crippen LogP contribution in [0.3, 0.4) is 0 Å². The van der Waals surface area contributed by atoms with Gasteiger partial charge in [0.15, 0.2) is 0 Å². The first-order chi connectivity index (χ1) is 13.6. The number of nitrogens with one attached hydrogen (secondary N) is 2. The third kappa shape index (κ3) is 3.73. The zero-order chi connectivity index (χ0) is 19.5. The summed E-state index contributed by atoms with van der Waals surface area (Å²) in [6.45, 7) is 2.21. The van der Waals surface area contributed by atoms with E-state index in [0.29, 0.717) is 17.8 Å². The molecule has 0 unspecified atom stereocenters. The van der Waals surface area contributed by atoms with Crippen LogP contribution in [0.5, 0.6) is 0 Å². The van der Waals surface area contributed by atoms with Crippen molar-refractivity contribution >= 4 is 5.91 Å². The highest BCUT2D eigenvalue weighted by atomic mass is 19.1. The van der Waals surface area contributed by atoms with E-state index >= 15 is 0 Å². The molecule has 0 fully saturated rings. The summed E-state index contributed by atoms with van der Waals surface area (Å²) in [7, 11) is 0. The average Bonchev–Trinajstić information content (AvgIpc) is 2.73. The van der Waals surface area contributed by atoms with E-state index < -0.39 is 0 Å². The molecule has 2 N–H and O–H groups in total. The number of fused-ring (bicyclic) bond motifs is 1. The molecule has 0 radical (unpaired) electrons. The van der Waals surface area contributed by atoms with Crippen LogP contribution in [0.1, 0.15) is 27.0 Å². The molecule has 2 heterocycles. The third-order valence-corrected chi connectivity index (χ3v) is 4.95. The number of amides is 1. The largest absolute Gasteiger partial charge is 0.348 e. The Hall–Kier alpha value is -3.25. The fourth-order valence-corrected chi connectivity index (χ4v) is 3.48. The number of hydrogen-bond donors (Lipinski definition) is 2. The van der Waals surface area contributed by atoms with Gasteiger partial charge in [-0.2, -0.15) is 0 Å². The van der Waals surface area contributed by atoms with Crippen molar-refractivity contribution in [2.45, 2.75) is 19.5 Å². The van der Waals surface area contributed by atoms with Gasteiger partial charge in [0.2, 0.25) is 0 Å². The van der Waals surface area contributed by atoms with Crippen LogP contribution in [0.2, 0.25) is 0 Å². The van der Waals surface area contributed by atoms with Gasteiger partial charge in [0, 0.05) is 31.0 Å². The van der Waals surface area contributed by atoms with E-state index in [1.54, 1.807) is 0 Å². The Morgan fingerprint density at radius 2 is 1.93 bits per heavy atom. The van der Waals surface area contributed by atoms with Crippen molar-refractivity contribution in [2.75, 3.05) is 6.54 Å². The van der Waals surface area contributed by atoms with Crippen LogP contribution in [0.15, 0.2) is 65.6 Å². The summed E-state index contributed by atoms with van der Waals surface area (Å²) in [5.74, 6) is -0.644. The molecular weight excluding hydrogens is 357 g/mol. The fraction of sp³-hybridized carbons (Fsp3) is 0.182. The second-order valence-corrected chi connectivity index (χ2v) is 6.77. The number of nitrogens with zero attached hydrogens (tertiary/aromatic N) is 1. The Kier molecular flexibility index (Phi) is 5.04. The molecule has 1 amide bonds. The van der Waals surface area contributed by atoms with Crippen molar-refractivity contribution in [3.63, 3.8) is 0 Å². The molecule has 4 rings (SSSR count). The van der Waals surface area contributed by atoms with Crippen LogP contribution in [-0.4, -0.2) is 17.0 Å². The minimum Gasteiger partial charge on any atom is -0.348 e. The van der Waals surface area contributed by atoms with Crippen LogP contribution in [0, 0.1) is 5.82 Å². The molecule has 0 saturated carbocycles. The minimum absolute atomic E-state index is 0.262. The van der Waals surface area contributed by atoms with Crippen molar-refractivity contribution in [2.24, 2.45) is 0 Å².